The highest BCUT2D eigenvalue weighted by Gasteiger charge is 2.37. The Morgan fingerprint density at radius 3 is 2.58 bits per heavy atom. The van der Waals surface area contributed by atoms with Crippen LogP contribution in [-0.2, 0) is 22.4 Å². The van der Waals surface area contributed by atoms with Gasteiger partial charge in [-0.15, -0.1) is 0 Å². The van der Waals surface area contributed by atoms with Crippen molar-refractivity contribution >= 4 is 17.6 Å². The molecule has 3 heterocycles. The molecule has 2 fully saturated rings. The maximum absolute atomic E-state index is 13.3. The highest BCUT2D eigenvalue weighted by atomic mass is 16.2. The van der Waals surface area contributed by atoms with E-state index in [4.69, 9.17) is 9.97 Å². The predicted octanol–water partition coefficient (Wildman–Crippen LogP) is 4.55. The molecule has 1 saturated heterocycles. The molecule has 0 spiro atoms. The number of likely N-dealkylation sites (tertiary alicyclic amines) is 1. The van der Waals surface area contributed by atoms with Crippen molar-refractivity contribution in [3.05, 3.63) is 53.0 Å². The summed E-state index contributed by atoms with van der Waals surface area (Å²) in [6.45, 7) is 3.43. The van der Waals surface area contributed by atoms with Gasteiger partial charge in [-0.3, -0.25) is 14.5 Å². The third-order valence-corrected chi connectivity index (χ3v) is 7.61. The summed E-state index contributed by atoms with van der Waals surface area (Å²) in [5, 5.41) is 0. The molecule has 0 radical (unpaired) electrons. The zero-order valence-corrected chi connectivity index (χ0v) is 19.6. The first-order valence-corrected chi connectivity index (χ1v) is 12.6. The Kier molecular flexibility index (Phi) is 6.43. The predicted molar refractivity (Wildman–Crippen MR) is 128 cm³/mol. The lowest BCUT2D eigenvalue weighted by Crippen LogP contribution is -2.40. The first-order chi connectivity index (χ1) is 16.1. The Balaban J connectivity index is 1.41. The minimum Gasteiger partial charge on any atom is -0.332 e. The number of hydrogen-bond donors (Lipinski definition) is 0. The number of aryl methyl sites for hydroxylation is 1. The molecule has 6 nitrogen and oxygen atoms in total. The van der Waals surface area contributed by atoms with Gasteiger partial charge in [0, 0.05) is 36.7 Å². The maximum Gasteiger partial charge on any atom is 0.228 e. The largest absolute Gasteiger partial charge is 0.332 e. The van der Waals surface area contributed by atoms with Crippen LogP contribution in [0.4, 0.5) is 5.82 Å². The van der Waals surface area contributed by atoms with Gasteiger partial charge in [0.05, 0.1) is 6.04 Å². The maximum atomic E-state index is 13.3. The average molecular weight is 447 g/mol. The molecule has 1 saturated carbocycles. The molecule has 1 atom stereocenters. The van der Waals surface area contributed by atoms with E-state index in [0.717, 1.165) is 68.6 Å². The number of amides is 2. The van der Waals surface area contributed by atoms with Crippen LogP contribution in [0.3, 0.4) is 0 Å². The van der Waals surface area contributed by atoms with Gasteiger partial charge < -0.3 is 4.90 Å². The second-order valence-corrected chi connectivity index (χ2v) is 9.77. The average Bonchev–Trinajstić information content (AvgIpc) is 3.34. The standard InChI is InChI=1S/C27H34N4O2/c1-19-22-14-15-24(32)31(18-16-20-9-4-2-5-10-20)26(22)29-25(28-19)23-13-8-17-30(23)27(33)21-11-6-3-7-12-21/h2,4-5,9-10,21,23H,3,6-8,11-18H2,1H3/t23-/m0/s1. The van der Waals surface area contributed by atoms with E-state index in [9.17, 15) is 9.59 Å². The van der Waals surface area contributed by atoms with E-state index in [1.807, 2.05) is 34.9 Å². The number of hydrogen-bond acceptors (Lipinski definition) is 4. The number of carbonyl (C=O) groups excluding carboxylic acids is 2. The molecular formula is C27H34N4O2. The van der Waals surface area contributed by atoms with Gasteiger partial charge >= 0.3 is 0 Å². The van der Waals surface area contributed by atoms with Crippen LogP contribution in [0, 0.1) is 12.8 Å². The van der Waals surface area contributed by atoms with Gasteiger partial charge in [0.15, 0.2) is 5.82 Å². The summed E-state index contributed by atoms with van der Waals surface area (Å²) in [7, 11) is 0. The SMILES string of the molecule is Cc1nc([C@@H]2CCCN2C(=O)C2CCCCC2)nc2c1CCC(=O)N2CCc1ccccc1. The van der Waals surface area contributed by atoms with Gasteiger partial charge in [-0.25, -0.2) is 9.97 Å². The van der Waals surface area contributed by atoms with Gasteiger partial charge in [0.25, 0.3) is 0 Å². The van der Waals surface area contributed by atoms with E-state index in [0.29, 0.717) is 25.2 Å². The number of aromatic nitrogens is 2. The molecule has 2 aliphatic heterocycles. The topological polar surface area (TPSA) is 66.4 Å². The third-order valence-electron chi connectivity index (χ3n) is 7.61. The van der Waals surface area contributed by atoms with Crippen molar-refractivity contribution in [1.82, 2.24) is 14.9 Å². The van der Waals surface area contributed by atoms with Gasteiger partial charge in [0.1, 0.15) is 5.82 Å². The van der Waals surface area contributed by atoms with Crippen LogP contribution in [0.25, 0.3) is 0 Å². The molecule has 174 valence electrons. The summed E-state index contributed by atoms with van der Waals surface area (Å²) in [6, 6.07) is 10.2. The van der Waals surface area contributed by atoms with Gasteiger partial charge in [0.2, 0.25) is 11.8 Å². The molecule has 6 heteroatoms. The van der Waals surface area contributed by atoms with Crippen LogP contribution in [0.5, 0.6) is 0 Å². The number of rotatable bonds is 5. The Hall–Kier alpha value is -2.76. The van der Waals surface area contributed by atoms with E-state index in [2.05, 4.69) is 12.1 Å². The monoisotopic (exact) mass is 446 g/mol. The Morgan fingerprint density at radius 1 is 1.00 bits per heavy atom. The molecule has 0 bridgehead atoms. The number of benzene rings is 1. The zero-order valence-electron chi connectivity index (χ0n) is 19.6. The van der Waals surface area contributed by atoms with Crippen LogP contribution in [0.2, 0.25) is 0 Å². The number of carbonyl (C=O) groups is 2. The lowest BCUT2D eigenvalue weighted by atomic mass is 9.88. The first kappa shape index (κ1) is 22.1. The van der Waals surface area contributed by atoms with Crippen molar-refractivity contribution in [3.8, 4) is 0 Å². The normalized spacial score (nSPS) is 21.4. The first-order valence-electron chi connectivity index (χ1n) is 12.6. The third kappa shape index (κ3) is 4.53. The Labute approximate surface area is 196 Å². The van der Waals surface area contributed by atoms with E-state index in [1.54, 1.807) is 0 Å². The summed E-state index contributed by atoms with van der Waals surface area (Å²) in [4.78, 5) is 40.0. The second-order valence-electron chi connectivity index (χ2n) is 9.77. The lowest BCUT2D eigenvalue weighted by molar-refractivity contribution is -0.137. The quantitative estimate of drug-likeness (QED) is 0.676. The molecule has 33 heavy (non-hydrogen) atoms. The lowest BCUT2D eigenvalue weighted by Gasteiger charge is -2.32. The molecule has 1 aliphatic carbocycles. The van der Waals surface area contributed by atoms with Gasteiger partial charge in [-0.05, 0) is 51.0 Å². The summed E-state index contributed by atoms with van der Waals surface area (Å²) >= 11 is 0. The van der Waals surface area contributed by atoms with Crippen molar-refractivity contribution < 1.29 is 9.59 Å². The fraction of sp³-hybridized carbons (Fsp3) is 0.556. The number of anilines is 1. The van der Waals surface area contributed by atoms with Crippen LogP contribution < -0.4 is 4.90 Å². The highest BCUT2D eigenvalue weighted by Crippen LogP contribution is 2.37. The summed E-state index contributed by atoms with van der Waals surface area (Å²) in [6.07, 6.45) is 9.44. The highest BCUT2D eigenvalue weighted by molar-refractivity contribution is 5.95. The van der Waals surface area contributed by atoms with Crippen molar-refractivity contribution in [2.75, 3.05) is 18.0 Å². The van der Waals surface area contributed by atoms with Gasteiger partial charge in [-0.1, -0.05) is 49.6 Å². The molecular weight excluding hydrogens is 412 g/mol. The summed E-state index contributed by atoms with van der Waals surface area (Å²) in [5.41, 5.74) is 3.24. The molecule has 0 N–H and O–H groups in total. The van der Waals surface area contributed by atoms with E-state index in [-0.39, 0.29) is 23.8 Å². The van der Waals surface area contributed by atoms with Crippen molar-refractivity contribution in [2.45, 2.75) is 77.2 Å². The van der Waals surface area contributed by atoms with Crippen LogP contribution in [0.1, 0.15) is 80.1 Å². The molecule has 1 aromatic heterocycles. The molecule has 1 aromatic carbocycles. The Bertz CT molecular complexity index is 1020. The van der Waals surface area contributed by atoms with Crippen molar-refractivity contribution in [2.24, 2.45) is 5.92 Å². The summed E-state index contributed by atoms with van der Waals surface area (Å²) < 4.78 is 0. The van der Waals surface area contributed by atoms with Crippen LogP contribution >= 0.6 is 0 Å². The summed E-state index contributed by atoms with van der Waals surface area (Å²) in [5.74, 6) is 2.05. The molecule has 2 aromatic rings. The van der Waals surface area contributed by atoms with E-state index in [1.165, 1.54) is 12.0 Å². The van der Waals surface area contributed by atoms with E-state index < -0.39 is 0 Å². The molecule has 5 rings (SSSR count). The van der Waals surface area contributed by atoms with Gasteiger partial charge in [-0.2, -0.15) is 0 Å². The minimum absolute atomic E-state index is 0.0728. The number of fused-ring (bicyclic) bond motifs is 1. The van der Waals surface area contributed by atoms with E-state index >= 15 is 0 Å². The second kappa shape index (κ2) is 9.62. The molecule has 3 aliphatic rings. The molecule has 0 unspecified atom stereocenters. The van der Waals surface area contributed by atoms with Crippen LogP contribution in [0.15, 0.2) is 30.3 Å². The Morgan fingerprint density at radius 2 is 1.79 bits per heavy atom. The zero-order chi connectivity index (χ0) is 22.8. The van der Waals surface area contributed by atoms with Crippen molar-refractivity contribution in [3.63, 3.8) is 0 Å². The fourth-order valence-electron chi connectivity index (χ4n) is 5.75. The van der Waals surface area contributed by atoms with Crippen LogP contribution in [-0.4, -0.2) is 39.8 Å². The fourth-order valence-corrected chi connectivity index (χ4v) is 5.75. The molecule has 2 amide bonds. The number of nitrogens with zero attached hydrogens (tertiary/aromatic N) is 4. The minimum atomic E-state index is -0.0728. The smallest absolute Gasteiger partial charge is 0.228 e. The van der Waals surface area contributed by atoms with Crippen molar-refractivity contribution in [1.29, 1.82) is 0 Å².